The summed E-state index contributed by atoms with van der Waals surface area (Å²) in [6, 6.07) is 9.51. The van der Waals surface area contributed by atoms with Crippen molar-refractivity contribution in [2.24, 2.45) is 0 Å². The maximum absolute atomic E-state index is 14.4. The Kier molecular flexibility index (Phi) is 6.05. The average Bonchev–Trinajstić information content (AvgIpc) is 3.15. The molecule has 2 aromatic rings. The Morgan fingerprint density at radius 2 is 1.66 bits per heavy atom. The Labute approximate surface area is 169 Å². The highest BCUT2D eigenvalue weighted by molar-refractivity contribution is 7.89. The first kappa shape index (κ1) is 21.4. The minimum absolute atomic E-state index is 0.00544. The zero-order chi connectivity index (χ0) is 21.2. The first-order valence-corrected chi connectivity index (χ1v) is 10.9. The van der Waals surface area contributed by atoms with Gasteiger partial charge < -0.3 is 5.32 Å². The molecule has 1 saturated carbocycles. The van der Waals surface area contributed by atoms with Crippen LogP contribution in [0.15, 0.2) is 47.4 Å². The molecule has 1 aliphatic carbocycles. The summed E-state index contributed by atoms with van der Waals surface area (Å²) in [7, 11) is -0.852. The second-order valence-corrected chi connectivity index (χ2v) is 9.73. The van der Waals surface area contributed by atoms with Crippen molar-refractivity contribution in [3.8, 4) is 0 Å². The minimum Gasteiger partial charge on any atom is -0.351 e. The van der Waals surface area contributed by atoms with Gasteiger partial charge in [-0.2, -0.15) is 0 Å². The normalized spacial score (nSPS) is 16.2. The molecule has 156 valence electrons. The van der Waals surface area contributed by atoms with Gasteiger partial charge in [0.05, 0.1) is 4.90 Å². The molecule has 0 atom stereocenters. The number of nitrogens with zero attached hydrogens (tertiary/aromatic N) is 1. The van der Waals surface area contributed by atoms with Crippen LogP contribution in [0.1, 0.15) is 41.6 Å². The highest BCUT2D eigenvalue weighted by Crippen LogP contribution is 2.42. The van der Waals surface area contributed by atoms with Crippen LogP contribution < -0.4 is 5.32 Å². The van der Waals surface area contributed by atoms with Crippen molar-refractivity contribution < 1.29 is 22.0 Å². The number of rotatable bonds is 6. The van der Waals surface area contributed by atoms with Crippen LogP contribution >= 0.6 is 0 Å². The van der Waals surface area contributed by atoms with Gasteiger partial charge in [0.2, 0.25) is 10.0 Å². The number of amides is 1. The van der Waals surface area contributed by atoms with Crippen molar-refractivity contribution in [1.29, 1.82) is 0 Å². The Bertz CT molecular complexity index is 996. The van der Waals surface area contributed by atoms with Crippen molar-refractivity contribution >= 4 is 15.9 Å². The predicted octanol–water partition coefficient (Wildman–Crippen LogP) is 3.46. The molecule has 0 heterocycles. The maximum atomic E-state index is 14.4. The number of carbonyl (C=O) groups excluding carboxylic acids is 1. The van der Waals surface area contributed by atoms with E-state index in [9.17, 15) is 22.0 Å². The van der Waals surface area contributed by atoms with E-state index in [4.69, 9.17) is 0 Å². The number of benzene rings is 2. The Morgan fingerprint density at radius 3 is 2.24 bits per heavy atom. The Balaban J connectivity index is 1.84. The summed E-state index contributed by atoms with van der Waals surface area (Å²) in [5.74, 6) is -1.70. The van der Waals surface area contributed by atoms with E-state index < -0.39 is 33.0 Å². The lowest BCUT2D eigenvalue weighted by molar-refractivity contribution is 0.0942. The van der Waals surface area contributed by atoms with Gasteiger partial charge in [-0.1, -0.05) is 25.0 Å². The number of nitrogens with one attached hydrogen (secondary N) is 1. The summed E-state index contributed by atoms with van der Waals surface area (Å²) in [5.41, 5.74) is -0.616. The summed E-state index contributed by atoms with van der Waals surface area (Å²) >= 11 is 0. The molecule has 0 aliphatic heterocycles. The molecule has 1 amide bonds. The van der Waals surface area contributed by atoms with E-state index in [1.54, 1.807) is 0 Å². The molecule has 1 N–H and O–H groups in total. The van der Waals surface area contributed by atoms with Crippen molar-refractivity contribution in [1.82, 2.24) is 9.62 Å². The van der Waals surface area contributed by atoms with Crippen LogP contribution in [-0.4, -0.2) is 39.3 Å². The van der Waals surface area contributed by atoms with E-state index in [0.717, 1.165) is 17.1 Å². The molecular formula is C21H24F2N2O3S. The maximum Gasteiger partial charge on any atom is 0.251 e. The molecule has 5 nitrogen and oxygen atoms in total. The molecule has 0 bridgehead atoms. The molecule has 0 radical (unpaired) electrons. The molecule has 8 heteroatoms. The van der Waals surface area contributed by atoms with Gasteiger partial charge in [-0.25, -0.2) is 21.5 Å². The van der Waals surface area contributed by atoms with Crippen molar-refractivity contribution in [3.05, 3.63) is 65.2 Å². The minimum atomic E-state index is -3.68. The summed E-state index contributed by atoms with van der Waals surface area (Å²) in [6.07, 6.45) is 2.78. The lowest BCUT2D eigenvalue weighted by Gasteiger charge is -2.30. The summed E-state index contributed by atoms with van der Waals surface area (Å²) in [4.78, 5) is 12.7. The van der Waals surface area contributed by atoms with E-state index in [2.05, 4.69) is 5.32 Å². The molecule has 0 aromatic heterocycles. The van der Waals surface area contributed by atoms with Crippen LogP contribution in [0.4, 0.5) is 8.78 Å². The third-order valence-corrected chi connectivity index (χ3v) is 7.33. The van der Waals surface area contributed by atoms with Crippen LogP contribution in [0.2, 0.25) is 0 Å². The largest absolute Gasteiger partial charge is 0.351 e. The van der Waals surface area contributed by atoms with Gasteiger partial charge in [0, 0.05) is 37.2 Å². The molecule has 2 aromatic carbocycles. The molecule has 3 rings (SSSR count). The average molecular weight is 422 g/mol. The fourth-order valence-electron chi connectivity index (χ4n) is 3.93. The van der Waals surface area contributed by atoms with E-state index in [0.29, 0.717) is 12.8 Å². The monoisotopic (exact) mass is 422 g/mol. The van der Waals surface area contributed by atoms with Crippen LogP contribution in [0.25, 0.3) is 0 Å². The molecule has 1 fully saturated rings. The van der Waals surface area contributed by atoms with Gasteiger partial charge in [-0.3, -0.25) is 4.79 Å². The van der Waals surface area contributed by atoms with Crippen molar-refractivity contribution in [3.63, 3.8) is 0 Å². The summed E-state index contributed by atoms with van der Waals surface area (Å²) in [6.45, 7) is 0.0777. The van der Waals surface area contributed by atoms with Gasteiger partial charge in [-0.05, 0) is 43.2 Å². The smallest absolute Gasteiger partial charge is 0.251 e. The van der Waals surface area contributed by atoms with Crippen LogP contribution in [0, 0.1) is 11.6 Å². The van der Waals surface area contributed by atoms with Crippen molar-refractivity contribution in [2.45, 2.75) is 36.0 Å². The van der Waals surface area contributed by atoms with Gasteiger partial charge >= 0.3 is 0 Å². The topological polar surface area (TPSA) is 66.5 Å². The summed E-state index contributed by atoms with van der Waals surface area (Å²) in [5, 5.41) is 2.76. The first-order valence-electron chi connectivity index (χ1n) is 9.43. The zero-order valence-corrected chi connectivity index (χ0v) is 17.2. The lowest BCUT2D eigenvalue weighted by atomic mass is 9.78. The number of hydrogen-bond donors (Lipinski definition) is 1. The SMILES string of the molecule is CN(C)S(=O)(=O)c1cccc(C(=O)NCC2(c3c(F)cccc3F)CCCC2)c1. The Morgan fingerprint density at radius 1 is 1.07 bits per heavy atom. The second-order valence-electron chi connectivity index (χ2n) is 7.58. The molecule has 0 spiro atoms. The standard InChI is InChI=1S/C21H24F2N2O3S/c1-25(2)29(27,28)16-8-5-7-15(13-16)20(26)24-14-21(11-3-4-12-21)19-17(22)9-6-10-18(19)23/h5-10,13H,3-4,11-12,14H2,1-2H3,(H,24,26). The molecular weight excluding hydrogens is 398 g/mol. The first-order chi connectivity index (χ1) is 13.7. The number of hydrogen-bond acceptors (Lipinski definition) is 3. The van der Waals surface area contributed by atoms with Crippen LogP contribution in [0.3, 0.4) is 0 Å². The van der Waals surface area contributed by atoms with Gasteiger partial charge in [0.1, 0.15) is 11.6 Å². The van der Waals surface area contributed by atoms with E-state index in [-0.39, 0.29) is 22.6 Å². The molecule has 0 saturated heterocycles. The second kappa shape index (κ2) is 8.20. The quantitative estimate of drug-likeness (QED) is 0.775. The summed E-state index contributed by atoms with van der Waals surface area (Å²) < 4.78 is 54.5. The molecule has 0 unspecified atom stereocenters. The molecule has 1 aliphatic rings. The third-order valence-electron chi connectivity index (χ3n) is 5.52. The van der Waals surface area contributed by atoms with Gasteiger partial charge in [0.15, 0.2) is 0 Å². The van der Waals surface area contributed by atoms with E-state index >= 15 is 0 Å². The highest BCUT2D eigenvalue weighted by atomic mass is 32.2. The number of sulfonamides is 1. The zero-order valence-electron chi connectivity index (χ0n) is 16.4. The molecule has 29 heavy (non-hydrogen) atoms. The van der Waals surface area contributed by atoms with Gasteiger partial charge in [0.25, 0.3) is 5.91 Å². The number of halogens is 2. The third kappa shape index (κ3) is 4.18. The van der Waals surface area contributed by atoms with Crippen molar-refractivity contribution in [2.75, 3.05) is 20.6 Å². The van der Waals surface area contributed by atoms with E-state index in [1.807, 2.05) is 0 Å². The van der Waals surface area contributed by atoms with Crippen LogP contribution in [-0.2, 0) is 15.4 Å². The van der Waals surface area contributed by atoms with Gasteiger partial charge in [-0.15, -0.1) is 0 Å². The number of carbonyl (C=O) groups is 1. The fourth-order valence-corrected chi connectivity index (χ4v) is 4.88. The highest BCUT2D eigenvalue weighted by Gasteiger charge is 2.40. The lowest BCUT2D eigenvalue weighted by Crippen LogP contribution is -2.40. The predicted molar refractivity (Wildman–Crippen MR) is 106 cm³/mol. The Hall–Kier alpha value is -2.32. The van der Waals surface area contributed by atoms with Crippen LogP contribution in [0.5, 0.6) is 0 Å². The van der Waals surface area contributed by atoms with E-state index in [1.165, 1.54) is 56.6 Å². The fraction of sp³-hybridized carbons (Fsp3) is 0.381.